The van der Waals surface area contributed by atoms with E-state index < -0.39 is 0 Å². The van der Waals surface area contributed by atoms with Crippen LogP contribution in [0.1, 0.15) is 23.0 Å². The van der Waals surface area contributed by atoms with E-state index in [9.17, 15) is 4.79 Å². The Bertz CT molecular complexity index is 889. The van der Waals surface area contributed by atoms with E-state index in [0.717, 1.165) is 9.37 Å². The molecule has 0 amide bonds. The van der Waals surface area contributed by atoms with Crippen molar-refractivity contribution in [1.29, 1.82) is 0 Å². The lowest BCUT2D eigenvalue weighted by molar-refractivity contribution is 0.0526. The maximum absolute atomic E-state index is 12.5. The van der Waals surface area contributed by atoms with E-state index in [1.807, 2.05) is 36.4 Å². The van der Waals surface area contributed by atoms with Crippen molar-refractivity contribution in [3.63, 3.8) is 0 Å². The summed E-state index contributed by atoms with van der Waals surface area (Å²) in [5.41, 5.74) is 1.09. The number of hydrogen-bond acceptors (Lipinski definition) is 5. The fraction of sp³-hybridized carbons (Fsp3) is 0.211. The molecule has 0 N–H and O–H groups in total. The number of hydrogen-bond donors (Lipinski definition) is 0. The molecule has 0 atom stereocenters. The van der Waals surface area contributed by atoms with E-state index in [1.54, 1.807) is 31.9 Å². The Labute approximate surface area is 158 Å². The van der Waals surface area contributed by atoms with Crippen molar-refractivity contribution in [3.8, 4) is 5.75 Å². The molecule has 0 spiro atoms. The van der Waals surface area contributed by atoms with Gasteiger partial charge in [0.1, 0.15) is 22.7 Å². The molecule has 0 unspecified atom stereocenters. The minimum absolute atomic E-state index is 0.310. The number of benzene rings is 2. The van der Waals surface area contributed by atoms with Crippen LogP contribution in [0.25, 0.3) is 11.0 Å². The van der Waals surface area contributed by atoms with Crippen LogP contribution in [-0.4, -0.2) is 19.7 Å². The number of halogens is 1. The Kier molecular flexibility index (Phi) is 5.71. The normalized spacial score (nSPS) is 10.8. The highest BCUT2D eigenvalue weighted by atomic mass is 79.9. The molecule has 4 nitrogen and oxygen atoms in total. The second-order valence-electron chi connectivity index (χ2n) is 5.21. The first-order chi connectivity index (χ1) is 12.1. The zero-order chi connectivity index (χ0) is 17.8. The van der Waals surface area contributed by atoms with Crippen molar-refractivity contribution in [2.45, 2.75) is 17.6 Å². The molecule has 0 radical (unpaired) electrons. The third-order valence-corrected chi connectivity index (χ3v) is 5.26. The van der Waals surface area contributed by atoms with Gasteiger partial charge >= 0.3 is 5.97 Å². The first-order valence-corrected chi connectivity index (χ1v) is 9.55. The fourth-order valence-electron chi connectivity index (χ4n) is 2.50. The van der Waals surface area contributed by atoms with Gasteiger partial charge in [-0.2, -0.15) is 0 Å². The average molecular weight is 421 g/mol. The van der Waals surface area contributed by atoms with E-state index in [4.69, 9.17) is 13.9 Å². The van der Waals surface area contributed by atoms with E-state index in [1.165, 1.54) is 0 Å². The van der Waals surface area contributed by atoms with Gasteiger partial charge in [-0.15, -0.1) is 11.8 Å². The number of thioether (sulfide) groups is 1. The van der Waals surface area contributed by atoms with Crippen LogP contribution in [0.4, 0.5) is 0 Å². The molecule has 1 aromatic heterocycles. The van der Waals surface area contributed by atoms with Gasteiger partial charge in [-0.05, 0) is 47.1 Å². The molecular weight excluding hydrogens is 404 g/mol. The van der Waals surface area contributed by atoms with E-state index in [0.29, 0.717) is 40.4 Å². The fourth-order valence-corrected chi connectivity index (χ4v) is 3.83. The molecule has 0 bridgehead atoms. The molecule has 0 aliphatic heterocycles. The Hall–Kier alpha value is -1.92. The highest BCUT2D eigenvalue weighted by Crippen LogP contribution is 2.37. The number of carbonyl (C=O) groups excluding carboxylic acids is 1. The van der Waals surface area contributed by atoms with Crippen LogP contribution < -0.4 is 4.74 Å². The number of carbonyl (C=O) groups is 1. The molecule has 0 fully saturated rings. The number of rotatable bonds is 6. The Balaban J connectivity index is 2.03. The van der Waals surface area contributed by atoms with Gasteiger partial charge in [-0.3, -0.25) is 0 Å². The Morgan fingerprint density at radius 3 is 2.68 bits per heavy atom. The summed E-state index contributed by atoms with van der Waals surface area (Å²) in [6, 6.07) is 13.6. The minimum Gasteiger partial charge on any atom is -0.496 e. The highest BCUT2D eigenvalue weighted by Gasteiger charge is 2.23. The first-order valence-electron chi connectivity index (χ1n) is 7.78. The summed E-state index contributed by atoms with van der Waals surface area (Å²) < 4.78 is 17.3. The zero-order valence-electron chi connectivity index (χ0n) is 13.9. The van der Waals surface area contributed by atoms with Gasteiger partial charge in [0.25, 0.3) is 0 Å². The second kappa shape index (κ2) is 7.97. The maximum atomic E-state index is 12.5. The van der Waals surface area contributed by atoms with Gasteiger partial charge in [-0.25, -0.2) is 4.79 Å². The number of fused-ring (bicyclic) bond motifs is 1. The largest absolute Gasteiger partial charge is 0.496 e. The molecule has 0 saturated carbocycles. The standard InChI is InChI=1S/C19H17BrO4S/c1-3-23-19(21)18-13-9-16(22-2)14(20)10-15(13)24-17(18)11-25-12-7-5-4-6-8-12/h4-10H,3,11H2,1-2H3. The number of esters is 1. The third kappa shape index (κ3) is 3.85. The monoisotopic (exact) mass is 420 g/mol. The highest BCUT2D eigenvalue weighted by molar-refractivity contribution is 9.10. The summed E-state index contributed by atoms with van der Waals surface area (Å²) in [6.07, 6.45) is 0. The molecule has 3 rings (SSSR count). The molecule has 25 heavy (non-hydrogen) atoms. The lowest BCUT2D eigenvalue weighted by Gasteiger charge is -2.05. The number of furan rings is 1. The smallest absolute Gasteiger partial charge is 0.342 e. The van der Waals surface area contributed by atoms with Crippen LogP contribution in [0.15, 0.2) is 56.2 Å². The van der Waals surface area contributed by atoms with Crippen molar-refractivity contribution < 1.29 is 18.7 Å². The molecular formula is C19H17BrO4S. The maximum Gasteiger partial charge on any atom is 0.342 e. The van der Waals surface area contributed by atoms with Crippen LogP contribution in [0.2, 0.25) is 0 Å². The molecule has 0 aliphatic carbocycles. The van der Waals surface area contributed by atoms with Crippen molar-refractivity contribution in [3.05, 3.63) is 58.3 Å². The second-order valence-corrected chi connectivity index (χ2v) is 7.11. The lowest BCUT2D eigenvalue weighted by Crippen LogP contribution is -2.06. The predicted molar refractivity (Wildman–Crippen MR) is 102 cm³/mol. The third-order valence-electron chi connectivity index (χ3n) is 3.63. The quantitative estimate of drug-likeness (QED) is 0.379. The van der Waals surface area contributed by atoms with Gasteiger partial charge in [0.15, 0.2) is 0 Å². The van der Waals surface area contributed by atoms with Crippen LogP contribution >= 0.6 is 27.7 Å². The van der Waals surface area contributed by atoms with Gasteiger partial charge in [0, 0.05) is 10.3 Å². The van der Waals surface area contributed by atoms with Gasteiger partial charge < -0.3 is 13.9 Å². The molecule has 130 valence electrons. The molecule has 6 heteroatoms. The summed E-state index contributed by atoms with van der Waals surface area (Å²) in [5, 5.41) is 0.696. The van der Waals surface area contributed by atoms with E-state index in [-0.39, 0.29) is 5.97 Å². The van der Waals surface area contributed by atoms with E-state index >= 15 is 0 Å². The number of ether oxygens (including phenoxy) is 2. The molecule has 0 aliphatic rings. The van der Waals surface area contributed by atoms with Gasteiger partial charge in [0.05, 0.1) is 23.9 Å². The Morgan fingerprint density at radius 2 is 2.00 bits per heavy atom. The summed E-state index contributed by atoms with van der Waals surface area (Å²) in [5.74, 6) is 1.39. The van der Waals surface area contributed by atoms with Crippen molar-refractivity contribution in [2.24, 2.45) is 0 Å². The van der Waals surface area contributed by atoms with Crippen LogP contribution in [-0.2, 0) is 10.5 Å². The van der Waals surface area contributed by atoms with Gasteiger partial charge in [-0.1, -0.05) is 18.2 Å². The first kappa shape index (κ1) is 17.9. The molecule has 0 saturated heterocycles. The van der Waals surface area contributed by atoms with Crippen LogP contribution in [0, 0.1) is 0 Å². The summed E-state index contributed by atoms with van der Waals surface area (Å²) in [4.78, 5) is 13.6. The summed E-state index contributed by atoms with van der Waals surface area (Å²) in [7, 11) is 1.59. The molecule has 1 heterocycles. The van der Waals surface area contributed by atoms with E-state index in [2.05, 4.69) is 15.9 Å². The van der Waals surface area contributed by atoms with Crippen molar-refractivity contribution in [2.75, 3.05) is 13.7 Å². The SMILES string of the molecule is CCOC(=O)c1c(CSc2ccccc2)oc2cc(Br)c(OC)cc12. The van der Waals surface area contributed by atoms with Crippen molar-refractivity contribution >= 4 is 44.6 Å². The molecule has 3 aromatic rings. The zero-order valence-corrected chi connectivity index (χ0v) is 16.3. The average Bonchev–Trinajstić information content (AvgIpc) is 2.97. The lowest BCUT2D eigenvalue weighted by atomic mass is 10.1. The minimum atomic E-state index is -0.380. The summed E-state index contributed by atoms with van der Waals surface area (Å²) in [6.45, 7) is 2.10. The summed E-state index contributed by atoms with van der Waals surface area (Å²) >= 11 is 5.06. The topological polar surface area (TPSA) is 48.7 Å². The molecule has 2 aromatic carbocycles. The Morgan fingerprint density at radius 1 is 1.24 bits per heavy atom. The van der Waals surface area contributed by atoms with Crippen LogP contribution in [0.5, 0.6) is 5.75 Å². The van der Waals surface area contributed by atoms with Crippen molar-refractivity contribution in [1.82, 2.24) is 0 Å². The van der Waals surface area contributed by atoms with Gasteiger partial charge in [0.2, 0.25) is 0 Å². The number of methoxy groups -OCH3 is 1. The predicted octanol–water partition coefficient (Wildman–Crippen LogP) is 5.67. The van der Waals surface area contributed by atoms with Crippen LogP contribution in [0.3, 0.4) is 0 Å².